The van der Waals surface area contributed by atoms with Gasteiger partial charge in [0.15, 0.2) is 0 Å². The van der Waals surface area contributed by atoms with Gasteiger partial charge in [0.25, 0.3) is 0 Å². The summed E-state index contributed by atoms with van der Waals surface area (Å²) in [7, 11) is 0. The van der Waals surface area contributed by atoms with E-state index in [0.29, 0.717) is 0 Å². The SMILES string of the molecule is c1ccc(-c2c3ccccc3c(-c3ccc(N(c4ccc(-c5cccc6ccccc56)cc4)c4ccc(C5(c6ccccc6)c6ccccc6-c6ccccc65)cc4)cc3)c3ccccc23)cc1. The molecule has 0 aliphatic heterocycles. The lowest BCUT2D eigenvalue weighted by Crippen LogP contribution is -2.28. The Morgan fingerprint density at radius 1 is 0.235 bits per heavy atom. The van der Waals surface area contributed by atoms with Crippen LogP contribution in [0, 0.1) is 0 Å². The maximum atomic E-state index is 2.40. The molecular weight excluding hydrogens is 819 g/mol. The van der Waals surface area contributed by atoms with E-state index in [4.69, 9.17) is 0 Å². The van der Waals surface area contributed by atoms with Crippen LogP contribution in [-0.2, 0) is 5.41 Å². The van der Waals surface area contributed by atoms with Gasteiger partial charge in [-0.15, -0.1) is 0 Å². The first-order valence-electron chi connectivity index (χ1n) is 23.6. The van der Waals surface area contributed by atoms with E-state index in [1.54, 1.807) is 0 Å². The zero-order chi connectivity index (χ0) is 45.0. The molecule has 12 aromatic carbocycles. The van der Waals surface area contributed by atoms with Crippen LogP contribution < -0.4 is 4.90 Å². The third-order valence-corrected chi connectivity index (χ3v) is 14.4. The van der Waals surface area contributed by atoms with Gasteiger partial charge in [0.1, 0.15) is 0 Å². The quantitative estimate of drug-likeness (QED) is 0.138. The van der Waals surface area contributed by atoms with Crippen LogP contribution >= 0.6 is 0 Å². The molecule has 0 spiro atoms. The molecule has 12 aromatic rings. The van der Waals surface area contributed by atoms with E-state index in [1.807, 2.05) is 0 Å². The van der Waals surface area contributed by atoms with Gasteiger partial charge in [-0.05, 0) is 135 Å². The Morgan fingerprint density at radius 2 is 0.603 bits per heavy atom. The fourth-order valence-corrected chi connectivity index (χ4v) is 11.4. The number of fused-ring (bicyclic) bond motifs is 6. The molecule has 0 aromatic heterocycles. The number of hydrogen-bond donors (Lipinski definition) is 0. The van der Waals surface area contributed by atoms with Crippen LogP contribution in [0.5, 0.6) is 0 Å². The summed E-state index contributed by atoms with van der Waals surface area (Å²) in [6.07, 6.45) is 0. The predicted octanol–water partition coefficient (Wildman–Crippen LogP) is 18.0. The van der Waals surface area contributed by atoms with Crippen molar-refractivity contribution in [3.05, 3.63) is 295 Å². The van der Waals surface area contributed by atoms with Crippen molar-refractivity contribution in [2.45, 2.75) is 5.41 Å². The Labute approximate surface area is 397 Å². The highest BCUT2D eigenvalue weighted by Crippen LogP contribution is 2.56. The van der Waals surface area contributed by atoms with Crippen molar-refractivity contribution >= 4 is 49.4 Å². The molecule has 0 saturated heterocycles. The van der Waals surface area contributed by atoms with Crippen LogP contribution in [0.2, 0.25) is 0 Å². The van der Waals surface area contributed by atoms with Crippen LogP contribution in [0.3, 0.4) is 0 Å². The average Bonchev–Trinajstić information content (AvgIpc) is 3.72. The highest BCUT2D eigenvalue weighted by molar-refractivity contribution is 6.21. The zero-order valence-corrected chi connectivity index (χ0v) is 37.4. The summed E-state index contributed by atoms with van der Waals surface area (Å²) < 4.78 is 0. The van der Waals surface area contributed by atoms with Crippen LogP contribution in [0.15, 0.2) is 273 Å². The topological polar surface area (TPSA) is 3.24 Å². The Balaban J connectivity index is 0.968. The fourth-order valence-electron chi connectivity index (χ4n) is 11.4. The minimum atomic E-state index is -0.471. The molecule has 0 N–H and O–H groups in total. The van der Waals surface area contributed by atoms with E-state index in [0.717, 1.165) is 17.1 Å². The third-order valence-electron chi connectivity index (χ3n) is 14.4. The highest BCUT2D eigenvalue weighted by Gasteiger charge is 2.45. The molecule has 1 aliphatic carbocycles. The molecule has 1 heteroatoms. The Morgan fingerprint density at radius 3 is 1.15 bits per heavy atom. The second-order valence-electron chi connectivity index (χ2n) is 17.9. The van der Waals surface area contributed by atoms with Crippen molar-refractivity contribution in [3.8, 4) is 44.5 Å². The van der Waals surface area contributed by atoms with E-state index in [2.05, 4.69) is 278 Å². The number of rotatable bonds is 8. The minimum Gasteiger partial charge on any atom is -0.311 e. The minimum absolute atomic E-state index is 0.471. The summed E-state index contributed by atoms with van der Waals surface area (Å²) in [5, 5.41) is 7.50. The molecule has 0 heterocycles. The molecule has 0 amide bonds. The first kappa shape index (κ1) is 39.6. The van der Waals surface area contributed by atoms with Crippen LogP contribution in [0.25, 0.3) is 76.8 Å². The second-order valence-corrected chi connectivity index (χ2v) is 17.9. The Kier molecular flexibility index (Phi) is 9.47. The zero-order valence-electron chi connectivity index (χ0n) is 37.4. The van der Waals surface area contributed by atoms with Crippen molar-refractivity contribution in [2.75, 3.05) is 4.90 Å². The monoisotopic (exact) mass is 863 g/mol. The van der Waals surface area contributed by atoms with Crippen molar-refractivity contribution in [3.63, 3.8) is 0 Å². The lowest BCUT2D eigenvalue weighted by Gasteiger charge is -2.34. The summed E-state index contributed by atoms with van der Waals surface area (Å²) in [4.78, 5) is 2.40. The van der Waals surface area contributed by atoms with Gasteiger partial charge in [0, 0.05) is 17.1 Å². The Hall–Kier alpha value is -8.78. The first-order valence-corrected chi connectivity index (χ1v) is 23.6. The number of anilines is 3. The summed E-state index contributed by atoms with van der Waals surface area (Å²) in [6, 6.07) is 100. The van der Waals surface area contributed by atoms with Gasteiger partial charge in [0.05, 0.1) is 5.41 Å². The van der Waals surface area contributed by atoms with Gasteiger partial charge < -0.3 is 4.90 Å². The highest BCUT2D eigenvalue weighted by atomic mass is 15.1. The molecule has 0 unspecified atom stereocenters. The number of hydrogen-bond acceptors (Lipinski definition) is 1. The lowest BCUT2D eigenvalue weighted by atomic mass is 9.68. The molecule has 0 atom stereocenters. The van der Waals surface area contributed by atoms with Gasteiger partial charge in [-0.2, -0.15) is 0 Å². The fraction of sp³-hybridized carbons (Fsp3) is 0.0149. The second kappa shape index (κ2) is 16.3. The molecule has 13 rings (SSSR count). The molecular formula is C67H45N. The normalized spacial score (nSPS) is 12.5. The number of nitrogens with zero attached hydrogens (tertiary/aromatic N) is 1. The molecule has 0 radical (unpaired) electrons. The smallest absolute Gasteiger partial charge is 0.0713 e. The first-order chi connectivity index (χ1) is 33.8. The molecule has 68 heavy (non-hydrogen) atoms. The largest absolute Gasteiger partial charge is 0.311 e. The van der Waals surface area contributed by atoms with Crippen molar-refractivity contribution in [1.82, 2.24) is 0 Å². The summed E-state index contributed by atoms with van der Waals surface area (Å²) in [5.41, 5.74) is 17.9. The van der Waals surface area contributed by atoms with E-state index in [9.17, 15) is 0 Å². The van der Waals surface area contributed by atoms with Gasteiger partial charge in [-0.25, -0.2) is 0 Å². The van der Waals surface area contributed by atoms with Crippen molar-refractivity contribution in [2.24, 2.45) is 0 Å². The number of benzene rings is 12. The standard InChI is InChI=1S/C67H45N/c1-3-19-48(20-4-1)65-59-27-9-11-29-61(59)66(62-30-12-10-28-60(62)65)49-36-42-53(43-37-49)68(52-40-34-47(35-41-52)56-31-17-21-46-18-7-8-24-55(46)56)54-44-38-51(39-45-54)67(50-22-5-2-6-23-50)63-32-15-13-25-57(63)58-26-14-16-33-64(58)67/h1-45H. The van der Waals surface area contributed by atoms with Crippen LogP contribution in [-0.4, -0.2) is 0 Å². The van der Waals surface area contributed by atoms with Gasteiger partial charge in [-0.1, -0.05) is 237 Å². The van der Waals surface area contributed by atoms with Crippen LogP contribution in [0.4, 0.5) is 17.1 Å². The molecule has 0 fully saturated rings. The van der Waals surface area contributed by atoms with Gasteiger partial charge >= 0.3 is 0 Å². The van der Waals surface area contributed by atoms with Crippen molar-refractivity contribution in [1.29, 1.82) is 0 Å². The average molecular weight is 864 g/mol. The molecule has 318 valence electrons. The molecule has 0 bridgehead atoms. The lowest BCUT2D eigenvalue weighted by molar-refractivity contribution is 0.768. The van der Waals surface area contributed by atoms with E-state index < -0.39 is 5.41 Å². The van der Waals surface area contributed by atoms with Crippen LogP contribution in [0.1, 0.15) is 22.3 Å². The molecule has 1 nitrogen and oxygen atoms in total. The summed E-state index contributed by atoms with van der Waals surface area (Å²) in [6.45, 7) is 0. The Bertz CT molecular complexity index is 3710. The summed E-state index contributed by atoms with van der Waals surface area (Å²) >= 11 is 0. The molecule has 0 saturated carbocycles. The molecule has 1 aliphatic rings. The van der Waals surface area contributed by atoms with E-state index in [1.165, 1.54) is 99.1 Å². The van der Waals surface area contributed by atoms with E-state index >= 15 is 0 Å². The maximum Gasteiger partial charge on any atom is 0.0713 e. The van der Waals surface area contributed by atoms with Gasteiger partial charge in [-0.3, -0.25) is 0 Å². The van der Waals surface area contributed by atoms with Gasteiger partial charge in [0.2, 0.25) is 0 Å². The third kappa shape index (κ3) is 6.24. The van der Waals surface area contributed by atoms with Crippen molar-refractivity contribution < 1.29 is 0 Å². The van der Waals surface area contributed by atoms with E-state index in [-0.39, 0.29) is 0 Å². The summed E-state index contributed by atoms with van der Waals surface area (Å²) in [5.74, 6) is 0. The maximum absolute atomic E-state index is 2.40. The predicted molar refractivity (Wildman–Crippen MR) is 287 cm³/mol.